The van der Waals surface area contributed by atoms with E-state index >= 15 is 0 Å². The molecule has 5 nitrogen and oxygen atoms in total. The molecule has 3 aromatic carbocycles. The van der Waals surface area contributed by atoms with Gasteiger partial charge < -0.3 is 9.64 Å². The maximum atomic E-state index is 13.5. The average molecular weight is 600 g/mol. The standard InChI is InChI=1S/C33H28BrFN2O3/c1-33(22-16-29(21-10-12-23(35)13-11-21)36-30(17-22)31(38)18-34)14-15-37(20-33)32(39)40-19-28-26-8-4-2-6-24(26)25-7-3-5-9-27(25)28/h2-13,16-17,28H,14-15,18-20H2,1H3. The number of nitrogens with zero attached hydrogens (tertiary/aromatic N) is 2. The Hall–Kier alpha value is -3.84. The van der Waals surface area contributed by atoms with Gasteiger partial charge in [-0.1, -0.05) is 71.4 Å². The summed E-state index contributed by atoms with van der Waals surface area (Å²) in [7, 11) is 0. The smallest absolute Gasteiger partial charge is 0.409 e. The summed E-state index contributed by atoms with van der Waals surface area (Å²) in [5.41, 5.74) is 6.92. The SMILES string of the molecule is CC1(c2cc(C(=O)CBr)nc(-c3ccc(F)cc3)c2)CCN(C(=O)OCC2c3ccccc3-c3ccccc32)C1. The Morgan fingerprint density at radius 3 is 2.30 bits per heavy atom. The van der Waals surface area contributed by atoms with Crippen molar-refractivity contribution in [3.8, 4) is 22.4 Å². The first-order valence-electron chi connectivity index (χ1n) is 13.3. The van der Waals surface area contributed by atoms with E-state index in [1.807, 2.05) is 36.4 Å². The number of alkyl halides is 1. The predicted octanol–water partition coefficient (Wildman–Crippen LogP) is 7.38. The molecule has 4 aromatic rings. The highest BCUT2D eigenvalue weighted by molar-refractivity contribution is 9.09. The van der Waals surface area contributed by atoms with Gasteiger partial charge in [0.2, 0.25) is 0 Å². The van der Waals surface area contributed by atoms with Gasteiger partial charge in [0.1, 0.15) is 18.1 Å². The molecule has 1 amide bonds. The van der Waals surface area contributed by atoms with Crippen molar-refractivity contribution in [2.75, 3.05) is 25.0 Å². The van der Waals surface area contributed by atoms with Gasteiger partial charge in [-0.05, 0) is 70.6 Å². The number of carbonyl (C=O) groups is 2. The molecule has 7 heteroatoms. The second kappa shape index (κ2) is 10.6. The lowest BCUT2D eigenvalue weighted by Crippen LogP contribution is -2.34. The third-order valence-corrected chi connectivity index (χ3v) is 8.65. The molecule has 0 saturated carbocycles. The molecule has 0 bridgehead atoms. The molecule has 0 spiro atoms. The van der Waals surface area contributed by atoms with Gasteiger partial charge in [-0.15, -0.1) is 0 Å². The number of Topliss-reactive ketones (excluding diaryl/α,β-unsaturated/α-hetero) is 1. The van der Waals surface area contributed by atoms with Crippen molar-refractivity contribution in [1.82, 2.24) is 9.88 Å². The Morgan fingerprint density at radius 1 is 1.00 bits per heavy atom. The lowest BCUT2D eigenvalue weighted by molar-refractivity contribution is 0.101. The number of ether oxygens (including phenoxy) is 1. The van der Waals surface area contributed by atoms with E-state index < -0.39 is 5.41 Å². The fourth-order valence-electron chi connectivity index (χ4n) is 5.90. The number of benzene rings is 3. The quantitative estimate of drug-likeness (QED) is 0.172. The Balaban J connectivity index is 1.21. The van der Waals surface area contributed by atoms with Crippen LogP contribution in [-0.4, -0.2) is 46.8 Å². The number of hydrogen-bond donors (Lipinski definition) is 0. The molecule has 1 aliphatic heterocycles. The van der Waals surface area contributed by atoms with Crippen LogP contribution in [-0.2, 0) is 10.2 Å². The van der Waals surface area contributed by atoms with Crippen molar-refractivity contribution < 1.29 is 18.7 Å². The maximum absolute atomic E-state index is 13.5. The van der Waals surface area contributed by atoms with Crippen molar-refractivity contribution in [3.63, 3.8) is 0 Å². The van der Waals surface area contributed by atoms with Crippen LogP contribution < -0.4 is 0 Å². The summed E-state index contributed by atoms with van der Waals surface area (Å²) >= 11 is 3.25. The minimum absolute atomic E-state index is 0.00150. The van der Waals surface area contributed by atoms with Gasteiger partial charge in [0.25, 0.3) is 0 Å². The molecule has 1 aliphatic carbocycles. The van der Waals surface area contributed by atoms with Crippen molar-refractivity contribution in [3.05, 3.63) is 113 Å². The minimum atomic E-state index is -0.398. The van der Waals surface area contributed by atoms with Crippen LogP contribution in [0.25, 0.3) is 22.4 Å². The summed E-state index contributed by atoms with van der Waals surface area (Å²) in [6.07, 6.45) is 0.376. The average Bonchev–Trinajstić information content (AvgIpc) is 3.55. The number of halogens is 2. The zero-order chi connectivity index (χ0) is 27.9. The maximum Gasteiger partial charge on any atom is 0.409 e. The number of amides is 1. The van der Waals surface area contributed by atoms with E-state index in [4.69, 9.17) is 4.74 Å². The summed E-state index contributed by atoms with van der Waals surface area (Å²) in [4.78, 5) is 32.2. The van der Waals surface area contributed by atoms with E-state index in [0.717, 1.165) is 11.1 Å². The minimum Gasteiger partial charge on any atom is -0.448 e. The van der Waals surface area contributed by atoms with Crippen molar-refractivity contribution in [1.29, 1.82) is 0 Å². The Bertz CT molecular complexity index is 1560. The van der Waals surface area contributed by atoms with E-state index in [-0.39, 0.29) is 35.5 Å². The highest BCUT2D eigenvalue weighted by Crippen LogP contribution is 2.45. The first-order valence-corrected chi connectivity index (χ1v) is 14.5. The molecule has 1 atom stereocenters. The lowest BCUT2D eigenvalue weighted by atomic mass is 9.81. The number of hydrogen-bond acceptors (Lipinski definition) is 4. The van der Waals surface area contributed by atoms with Crippen LogP contribution in [0.1, 0.15) is 46.4 Å². The fraction of sp³-hybridized carbons (Fsp3) is 0.242. The third kappa shape index (κ3) is 4.83. The van der Waals surface area contributed by atoms with Crippen LogP contribution >= 0.6 is 15.9 Å². The second-order valence-electron chi connectivity index (χ2n) is 10.7. The normalized spacial score (nSPS) is 17.9. The molecule has 6 rings (SSSR count). The van der Waals surface area contributed by atoms with Gasteiger partial charge in [-0.2, -0.15) is 0 Å². The largest absolute Gasteiger partial charge is 0.448 e. The van der Waals surface area contributed by atoms with Gasteiger partial charge in [0.05, 0.1) is 11.0 Å². The van der Waals surface area contributed by atoms with E-state index in [0.29, 0.717) is 30.9 Å². The number of carbonyl (C=O) groups excluding carboxylic acids is 2. The topological polar surface area (TPSA) is 59.5 Å². The molecular formula is C33H28BrFN2O3. The Kier molecular flexibility index (Phi) is 7.00. The molecule has 2 aliphatic rings. The summed E-state index contributed by atoms with van der Waals surface area (Å²) < 4.78 is 19.5. The zero-order valence-electron chi connectivity index (χ0n) is 22.1. The van der Waals surface area contributed by atoms with Gasteiger partial charge in [-0.3, -0.25) is 4.79 Å². The number of pyridine rings is 1. The molecular weight excluding hydrogens is 571 g/mol. The lowest BCUT2D eigenvalue weighted by Gasteiger charge is -2.26. The first-order chi connectivity index (χ1) is 19.4. The third-order valence-electron chi connectivity index (χ3n) is 8.14. The fourth-order valence-corrected chi connectivity index (χ4v) is 6.18. The van der Waals surface area contributed by atoms with Gasteiger partial charge in [-0.25, -0.2) is 14.2 Å². The molecule has 0 N–H and O–H groups in total. The van der Waals surface area contributed by atoms with Crippen LogP contribution in [0.5, 0.6) is 0 Å². The number of rotatable bonds is 6. The van der Waals surface area contributed by atoms with Gasteiger partial charge in [0.15, 0.2) is 5.78 Å². The molecule has 1 aromatic heterocycles. The number of fused-ring (bicyclic) bond motifs is 3. The van der Waals surface area contributed by atoms with Gasteiger partial charge in [0, 0.05) is 30.0 Å². The number of aromatic nitrogens is 1. The van der Waals surface area contributed by atoms with Gasteiger partial charge >= 0.3 is 6.09 Å². The molecule has 202 valence electrons. The molecule has 1 fully saturated rings. The van der Waals surface area contributed by atoms with Crippen LogP contribution in [0.4, 0.5) is 9.18 Å². The van der Waals surface area contributed by atoms with Crippen molar-refractivity contribution in [2.45, 2.75) is 24.7 Å². The monoisotopic (exact) mass is 598 g/mol. The first kappa shape index (κ1) is 26.4. The molecule has 1 unspecified atom stereocenters. The summed E-state index contributed by atoms with van der Waals surface area (Å²) in [6, 6.07) is 26.4. The molecule has 2 heterocycles. The highest BCUT2D eigenvalue weighted by atomic mass is 79.9. The number of ketones is 1. The van der Waals surface area contributed by atoms with Crippen molar-refractivity contribution in [2.24, 2.45) is 0 Å². The van der Waals surface area contributed by atoms with Crippen LogP contribution in [0.2, 0.25) is 0 Å². The van der Waals surface area contributed by atoms with Crippen LogP contribution in [0.3, 0.4) is 0 Å². The molecule has 40 heavy (non-hydrogen) atoms. The number of likely N-dealkylation sites (tertiary alicyclic amines) is 1. The summed E-state index contributed by atoms with van der Waals surface area (Å²) in [5.74, 6) is -0.472. The Labute approximate surface area is 241 Å². The van der Waals surface area contributed by atoms with Crippen molar-refractivity contribution >= 4 is 27.8 Å². The predicted molar refractivity (Wildman–Crippen MR) is 156 cm³/mol. The van der Waals surface area contributed by atoms with E-state index in [1.165, 1.54) is 34.4 Å². The van der Waals surface area contributed by atoms with Crippen LogP contribution in [0.15, 0.2) is 84.9 Å². The molecule has 1 saturated heterocycles. The molecule has 0 radical (unpaired) electrons. The Morgan fingerprint density at radius 2 is 1.65 bits per heavy atom. The van der Waals surface area contributed by atoms with Crippen LogP contribution in [0, 0.1) is 5.82 Å². The summed E-state index contributed by atoms with van der Waals surface area (Å²) in [5, 5.41) is 0.148. The van der Waals surface area contributed by atoms with E-state index in [2.05, 4.69) is 52.1 Å². The summed E-state index contributed by atoms with van der Waals surface area (Å²) in [6.45, 7) is 3.37. The van der Waals surface area contributed by atoms with E-state index in [9.17, 15) is 14.0 Å². The highest BCUT2D eigenvalue weighted by Gasteiger charge is 2.39. The zero-order valence-corrected chi connectivity index (χ0v) is 23.7. The van der Waals surface area contributed by atoms with E-state index in [1.54, 1.807) is 17.0 Å². The second-order valence-corrected chi connectivity index (χ2v) is 11.3.